The zero-order valence-electron chi connectivity index (χ0n) is 14.7. The predicted molar refractivity (Wildman–Crippen MR) is 100 cm³/mol. The van der Waals surface area contributed by atoms with Crippen LogP contribution in [0.5, 0.6) is 0 Å². The number of nitrogens with one attached hydrogen (secondary N) is 2. The van der Waals surface area contributed by atoms with Crippen LogP contribution in [0.25, 0.3) is 0 Å². The first-order chi connectivity index (χ1) is 12.2. The third-order valence-corrected chi connectivity index (χ3v) is 4.25. The maximum Gasteiger partial charge on any atom is 0.251 e. The molecule has 0 bridgehead atoms. The molecule has 132 valence electrons. The number of hydrogen-bond donors (Lipinski definition) is 2. The Morgan fingerprint density at radius 1 is 1.08 bits per heavy atom. The van der Waals surface area contributed by atoms with E-state index in [1.165, 1.54) is 19.3 Å². The predicted octanol–water partition coefficient (Wildman–Crippen LogP) is 2.62. The van der Waals surface area contributed by atoms with Gasteiger partial charge in [0.1, 0.15) is 5.82 Å². The fourth-order valence-corrected chi connectivity index (χ4v) is 2.96. The molecule has 1 fully saturated rings. The van der Waals surface area contributed by atoms with Crippen molar-refractivity contribution in [1.29, 1.82) is 0 Å². The maximum absolute atomic E-state index is 12.0. The van der Waals surface area contributed by atoms with Crippen molar-refractivity contribution < 1.29 is 4.79 Å². The van der Waals surface area contributed by atoms with Crippen LogP contribution in [0, 0.1) is 6.92 Å². The molecule has 1 saturated heterocycles. The second-order valence-electron chi connectivity index (χ2n) is 6.29. The Kier molecular flexibility index (Phi) is 5.82. The highest BCUT2D eigenvalue weighted by Crippen LogP contribution is 2.19. The second-order valence-corrected chi connectivity index (χ2v) is 6.29. The fourth-order valence-electron chi connectivity index (χ4n) is 2.96. The van der Waals surface area contributed by atoms with Crippen LogP contribution in [-0.2, 0) is 0 Å². The summed E-state index contributed by atoms with van der Waals surface area (Å²) in [5, 5.41) is 6.10. The van der Waals surface area contributed by atoms with E-state index < -0.39 is 0 Å². The summed E-state index contributed by atoms with van der Waals surface area (Å²) in [5.41, 5.74) is 1.62. The number of hydrogen-bond acceptors (Lipinski definition) is 5. The lowest BCUT2D eigenvalue weighted by atomic mass is 10.1. The monoisotopic (exact) mass is 339 g/mol. The summed E-state index contributed by atoms with van der Waals surface area (Å²) in [6, 6.07) is 11.3. The van der Waals surface area contributed by atoms with Crippen LogP contribution in [0.15, 0.2) is 36.4 Å². The molecule has 1 aliphatic heterocycles. The number of nitrogens with zero attached hydrogens (tertiary/aromatic N) is 3. The number of amides is 1. The zero-order valence-corrected chi connectivity index (χ0v) is 14.7. The molecule has 1 amide bonds. The lowest BCUT2D eigenvalue weighted by Gasteiger charge is -2.28. The van der Waals surface area contributed by atoms with Crippen molar-refractivity contribution in [2.45, 2.75) is 26.2 Å². The summed E-state index contributed by atoms with van der Waals surface area (Å²) in [4.78, 5) is 23.4. The highest BCUT2D eigenvalue weighted by atomic mass is 16.1. The van der Waals surface area contributed by atoms with Crippen LogP contribution in [0.4, 0.5) is 11.8 Å². The van der Waals surface area contributed by atoms with Gasteiger partial charge in [-0.2, -0.15) is 4.98 Å². The van der Waals surface area contributed by atoms with E-state index in [4.69, 9.17) is 0 Å². The Hall–Kier alpha value is -2.63. The number of carbonyl (C=O) groups is 1. The van der Waals surface area contributed by atoms with Gasteiger partial charge in [0, 0.05) is 43.5 Å². The number of carbonyl (C=O) groups excluding carboxylic acids is 1. The molecule has 1 aromatic carbocycles. The molecule has 0 atom stereocenters. The van der Waals surface area contributed by atoms with Gasteiger partial charge in [-0.25, -0.2) is 4.98 Å². The Morgan fingerprint density at radius 3 is 2.60 bits per heavy atom. The molecule has 0 saturated carbocycles. The molecule has 0 aliphatic carbocycles. The average Bonchev–Trinajstić information content (AvgIpc) is 2.66. The van der Waals surface area contributed by atoms with Gasteiger partial charge in [0.25, 0.3) is 5.91 Å². The summed E-state index contributed by atoms with van der Waals surface area (Å²) in [6.07, 6.45) is 3.74. The first kappa shape index (κ1) is 17.2. The van der Waals surface area contributed by atoms with Gasteiger partial charge in [-0.05, 0) is 38.3 Å². The van der Waals surface area contributed by atoms with E-state index in [2.05, 4.69) is 25.5 Å². The van der Waals surface area contributed by atoms with Crippen LogP contribution in [0.3, 0.4) is 0 Å². The Morgan fingerprint density at radius 2 is 1.84 bits per heavy atom. The molecule has 2 aromatic rings. The van der Waals surface area contributed by atoms with Crippen molar-refractivity contribution >= 4 is 17.7 Å². The molecule has 2 heterocycles. The van der Waals surface area contributed by atoms with Crippen molar-refractivity contribution in [3.8, 4) is 0 Å². The largest absolute Gasteiger partial charge is 0.356 e. The van der Waals surface area contributed by atoms with Crippen molar-refractivity contribution in [2.24, 2.45) is 0 Å². The normalized spacial score (nSPS) is 14.2. The van der Waals surface area contributed by atoms with Crippen LogP contribution < -0.4 is 15.5 Å². The fraction of sp³-hybridized carbons (Fsp3) is 0.421. The molecule has 6 nitrogen and oxygen atoms in total. The average molecular weight is 339 g/mol. The molecule has 1 aromatic heterocycles. The molecule has 2 N–H and O–H groups in total. The van der Waals surface area contributed by atoms with Gasteiger partial charge in [-0.1, -0.05) is 18.2 Å². The number of aryl methyl sites for hydroxylation is 1. The van der Waals surface area contributed by atoms with Crippen molar-refractivity contribution in [2.75, 3.05) is 36.4 Å². The van der Waals surface area contributed by atoms with Gasteiger partial charge in [-0.3, -0.25) is 4.79 Å². The summed E-state index contributed by atoms with van der Waals surface area (Å²) in [6.45, 7) is 5.20. The summed E-state index contributed by atoms with van der Waals surface area (Å²) in [5.74, 6) is 1.54. The molecular formula is C19H25N5O. The molecule has 0 spiro atoms. The van der Waals surface area contributed by atoms with Crippen molar-refractivity contribution in [1.82, 2.24) is 15.3 Å². The minimum Gasteiger partial charge on any atom is -0.356 e. The van der Waals surface area contributed by atoms with Crippen LogP contribution >= 0.6 is 0 Å². The molecule has 25 heavy (non-hydrogen) atoms. The minimum atomic E-state index is -0.0680. The van der Waals surface area contributed by atoms with E-state index in [0.717, 1.165) is 24.6 Å². The van der Waals surface area contributed by atoms with E-state index in [0.29, 0.717) is 24.6 Å². The SMILES string of the molecule is Cc1cc(N2CCCCC2)nc(NCCNC(=O)c2ccccc2)n1. The standard InChI is InChI=1S/C19H25N5O/c1-15-14-17(24-12-6-3-7-13-24)23-19(22-15)21-11-10-20-18(25)16-8-4-2-5-9-16/h2,4-5,8-9,14H,3,6-7,10-13H2,1H3,(H,20,25)(H,21,22,23). The van der Waals surface area contributed by atoms with Gasteiger partial charge in [-0.15, -0.1) is 0 Å². The maximum atomic E-state index is 12.0. The number of aromatic nitrogens is 2. The molecule has 3 rings (SSSR count). The number of benzene rings is 1. The van der Waals surface area contributed by atoms with E-state index in [1.807, 2.05) is 31.2 Å². The third-order valence-electron chi connectivity index (χ3n) is 4.25. The van der Waals surface area contributed by atoms with E-state index in [-0.39, 0.29) is 5.91 Å². The highest BCUT2D eigenvalue weighted by Gasteiger charge is 2.13. The van der Waals surface area contributed by atoms with Gasteiger partial charge in [0.2, 0.25) is 5.95 Å². The van der Waals surface area contributed by atoms with Gasteiger partial charge >= 0.3 is 0 Å². The molecular weight excluding hydrogens is 314 g/mol. The van der Waals surface area contributed by atoms with Gasteiger partial charge < -0.3 is 15.5 Å². The highest BCUT2D eigenvalue weighted by molar-refractivity contribution is 5.94. The Bertz CT molecular complexity index is 698. The summed E-state index contributed by atoms with van der Waals surface area (Å²) >= 11 is 0. The van der Waals surface area contributed by atoms with Gasteiger partial charge in [0.05, 0.1) is 0 Å². The topological polar surface area (TPSA) is 70.2 Å². The molecule has 1 aliphatic rings. The first-order valence-electron chi connectivity index (χ1n) is 8.90. The van der Waals surface area contributed by atoms with E-state index in [9.17, 15) is 4.79 Å². The van der Waals surface area contributed by atoms with Crippen LogP contribution in [0.1, 0.15) is 35.3 Å². The summed E-state index contributed by atoms with van der Waals surface area (Å²) in [7, 11) is 0. The van der Waals surface area contributed by atoms with E-state index >= 15 is 0 Å². The number of rotatable bonds is 6. The number of anilines is 2. The summed E-state index contributed by atoms with van der Waals surface area (Å²) < 4.78 is 0. The lowest BCUT2D eigenvalue weighted by molar-refractivity contribution is 0.0955. The third kappa shape index (κ3) is 4.92. The van der Waals surface area contributed by atoms with Crippen molar-refractivity contribution in [3.05, 3.63) is 47.7 Å². The first-order valence-corrected chi connectivity index (χ1v) is 8.90. The smallest absolute Gasteiger partial charge is 0.251 e. The lowest BCUT2D eigenvalue weighted by Crippen LogP contribution is -2.31. The molecule has 0 radical (unpaired) electrons. The minimum absolute atomic E-state index is 0.0680. The molecule has 6 heteroatoms. The van der Waals surface area contributed by atoms with Crippen LogP contribution in [-0.4, -0.2) is 42.1 Å². The Labute approximate surface area is 148 Å². The van der Waals surface area contributed by atoms with Crippen LogP contribution in [0.2, 0.25) is 0 Å². The van der Waals surface area contributed by atoms with Gasteiger partial charge in [0.15, 0.2) is 0 Å². The second kappa shape index (κ2) is 8.46. The number of piperidine rings is 1. The zero-order chi connectivity index (χ0) is 17.5. The quantitative estimate of drug-likeness (QED) is 0.792. The van der Waals surface area contributed by atoms with Crippen molar-refractivity contribution in [3.63, 3.8) is 0 Å². The van der Waals surface area contributed by atoms with E-state index in [1.54, 1.807) is 12.1 Å². The molecule has 0 unspecified atom stereocenters. The Balaban J connectivity index is 1.51.